The molecule has 2 bridgehead atoms. The molecule has 0 spiro atoms. The Morgan fingerprint density at radius 2 is 2.12 bits per heavy atom. The normalized spacial score (nSPS) is 25.3. The number of ketones is 1. The van der Waals surface area contributed by atoms with E-state index >= 15 is 0 Å². The Labute approximate surface area is 150 Å². The third kappa shape index (κ3) is 4.28. The number of ether oxygens (including phenoxy) is 1. The van der Waals surface area contributed by atoms with E-state index < -0.39 is 6.10 Å². The molecule has 1 N–H and O–H groups in total. The highest BCUT2D eigenvalue weighted by molar-refractivity contribution is 5.90. The van der Waals surface area contributed by atoms with Crippen LogP contribution in [0.5, 0.6) is 0 Å². The number of hydrogen-bond acceptors (Lipinski definition) is 3. The zero-order chi connectivity index (χ0) is 17.9. The summed E-state index contributed by atoms with van der Waals surface area (Å²) in [6, 6.07) is 9.81. The van der Waals surface area contributed by atoms with Crippen LogP contribution < -0.4 is 0 Å². The summed E-state index contributed by atoms with van der Waals surface area (Å²) in [5, 5.41) is 9.98. The van der Waals surface area contributed by atoms with Crippen LogP contribution in [0.4, 0.5) is 0 Å². The second-order valence-corrected chi connectivity index (χ2v) is 7.90. The number of aliphatic hydroxyl groups excluding tert-OH is 1. The highest BCUT2D eigenvalue weighted by Gasteiger charge is 2.50. The fraction of sp³-hybridized carbons (Fsp3) is 0.500. The smallest absolute Gasteiger partial charge is 0.158 e. The van der Waals surface area contributed by atoms with Gasteiger partial charge in [0.15, 0.2) is 5.78 Å². The molecule has 0 aliphatic heterocycles. The largest absolute Gasteiger partial charge is 0.390 e. The van der Waals surface area contributed by atoms with Gasteiger partial charge in [-0.1, -0.05) is 56.3 Å². The molecule has 1 aromatic carbocycles. The molecule has 1 aromatic rings. The maximum Gasteiger partial charge on any atom is 0.158 e. The van der Waals surface area contributed by atoms with Gasteiger partial charge < -0.3 is 9.84 Å². The van der Waals surface area contributed by atoms with Crippen molar-refractivity contribution in [3.05, 3.63) is 59.7 Å². The van der Waals surface area contributed by atoms with Gasteiger partial charge in [0.2, 0.25) is 0 Å². The average Bonchev–Trinajstić information content (AvgIpc) is 2.61. The van der Waals surface area contributed by atoms with Crippen LogP contribution >= 0.6 is 0 Å². The maximum absolute atomic E-state index is 12.1. The molecule has 0 unspecified atom stereocenters. The van der Waals surface area contributed by atoms with Crippen molar-refractivity contribution >= 4 is 5.78 Å². The van der Waals surface area contributed by atoms with Gasteiger partial charge in [-0.2, -0.15) is 0 Å². The molecule has 25 heavy (non-hydrogen) atoms. The van der Waals surface area contributed by atoms with Crippen molar-refractivity contribution in [2.75, 3.05) is 6.61 Å². The van der Waals surface area contributed by atoms with E-state index in [-0.39, 0.29) is 18.8 Å². The molecular formula is C22H28O3. The van der Waals surface area contributed by atoms with Crippen molar-refractivity contribution in [3.63, 3.8) is 0 Å². The van der Waals surface area contributed by atoms with Crippen LogP contribution in [0.1, 0.15) is 38.7 Å². The number of hydrogen-bond donors (Lipinski definition) is 1. The lowest BCUT2D eigenvalue weighted by molar-refractivity contribution is -0.117. The molecule has 3 atom stereocenters. The van der Waals surface area contributed by atoms with Crippen LogP contribution in [-0.4, -0.2) is 23.6 Å². The van der Waals surface area contributed by atoms with Crippen LogP contribution in [0.2, 0.25) is 0 Å². The van der Waals surface area contributed by atoms with E-state index in [1.54, 1.807) is 6.08 Å². The van der Waals surface area contributed by atoms with Gasteiger partial charge in [0.05, 0.1) is 19.3 Å². The Morgan fingerprint density at radius 3 is 2.80 bits per heavy atom. The van der Waals surface area contributed by atoms with Crippen LogP contribution in [0.15, 0.2) is 54.1 Å². The Hall–Kier alpha value is -1.71. The predicted octanol–water partition coefficient (Wildman–Crippen LogP) is 4.07. The highest BCUT2D eigenvalue weighted by atomic mass is 16.5. The molecule has 134 valence electrons. The number of carbonyl (C=O) groups is 1. The monoisotopic (exact) mass is 340 g/mol. The maximum atomic E-state index is 12.1. The standard InChI is InChI=1S/C22H28O3/c1-22(2)18-10-8-17(21(22)12-18)9-11-19(23)13-20(24)15-25-14-16-6-4-3-5-7-16/h3-9,11,18,20-21,24H,10,12-15H2,1-2H3/b11-9+/t18-,20-,21-/m0/s1. The summed E-state index contributed by atoms with van der Waals surface area (Å²) in [6.07, 6.45) is 7.57. The van der Waals surface area contributed by atoms with Crippen molar-refractivity contribution in [1.29, 1.82) is 0 Å². The highest BCUT2D eigenvalue weighted by Crippen LogP contribution is 2.59. The quantitative estimate of drug-likeness (QED) is 0.726. The minimum Gasteiger partial charge on any atom is -0.390 e. The van der Waals surface area contributed by atoms with Gasteiger partial charge in [-0.25, -0.2) is 0 Å². The number of carbonyl (C=O) groups excluding carboxylic acids is 1. The molecule has 0 heterocycles. The van der Waals surface area contributed by atoms with E-state index in [0.717, 1.165) is 17.9 Å². The van der Waals surface area contributed by atoms with Gasteiger partial charge >= 0.3 is 0 Å². The molecule has 1 saturated carbocycles. The first-order valence-corrected chi connectivity index (χ1v) is 9.17. The van der Waals surface area contributed by atoms with Crippen LogP contribution in [-0.2, 0) is 16.1 Å². The van der Waals surface area contributed by atoms with Crippen molar-refractivity contribution in [1.82, 2.24) is 0 Å². The van der Waals surface area contributed by atoms with E-state index in [0.29, 0.717) is 17.9 Å². The van der Waals surface area contributed by atoms with Crippen molar-refractivity contribution in [3.8, 4) is 0 Å². The molecule has 3 aliphatic carbocycles. The SMILES string of the molecule is CC1(C)[C@H]2CC=C(/C=C/C(=O)C[C@H](O)COCc3ccccc3)[C@@H]1C2. The first kappa shape index (κ1) is 18.1. The van der Waals surface area contributed by atoms with Gasteiger partial charge in [0.25, 0.3) is 0 Å². The Balaban J connectivity index is 1.41. The lowest BCUT2D eigenvalue weighted by atomic mass is 9.49. The van der Waals surface area contributed by atoms with Crippen molar-refractivity contribution in [2.24, 2.45) is 17.3 Å². The summed E-state index contributed by atoms with van der Waals surface area (Å²) in [7, 11) is 0. The zero-order valence-corrected chi connectivity index (χ0v) is 15.2. The first-order valence-electron chi connectivity index (χ1n) is 9.17. The third-order valence-corrected chi connectivity index (χ3v) is 5.83. The van der Waals surface area contributed by atoms with Crippen molar-refractivity contribution in [2.45, 2.75) is 45.8 Å². The summed E-state index contributed by atoms with van der Waals surface area (Å²) in [5.41, 5.74) is 2.71. The Bertz CT molecular complexity index is 657. The number of aliphatic hydroxyl groups is 1. The molecule has 4 rings (SSSR count). The van der Waals surface area contributed by atoms with Gasteiger partial charge in [0.1, 0.15) is 0 Å². The van der Waals surface area contributed by atoms with Crippen LogP contribution in [0.3, 0.4) is 0 Å². The molecule has 0 amide bonds. The van der Waals surface area contributed by atoms with E-state index in [1.807, 2.05) is 36.4 Å². The fourth-order valence-corrected chi connectivity index (χ4v) is 4.02. The minimum absolute atomic E-state index is 0.0454. The summed E-state index contributed by atoms with van der Waals surface area (Å²) >= 11 is 0. The van der Waals surface area contributed by atoms with Crippen LogP contribution in [0.25, 0.3) is 0 Å². The van der Waals surface area contributed by atoms with Gasteiger partial charge in [0, 0.05) is 6.42 Å². The predicted molar refractivity (Wildman–Crippen MR) is 98.9 cm³/mol. The molecule has 3 heteroatoms. The van der Waals surface area contributed by atoms with E-state index in [1.165, 1.54) is 12.0 Å². The number of benzene rings is 1. The number of rotatable bonds is 8. The molecule has 0 saturated heterocycles. The summed E-state index contributed by atoms with van der Waals surface area (Å²) < 4.78 is 5.49. The lowest BCUT2D eigenvalue weighted by Crippen LogP contribution is -2.47. The molecular weight excluding hydrogens is 312 g/mol. The van der Waals surface area contributed by atoms with E-state index in [4.69, 9.17) is 4.74 Å². The molecule has 0 aromatic heterocycles. The van der Waals surface area contributed by atoms with Gasteiger partial charge in [-0.05, 0) is 47.3 Å². The Morgan fingerprint density at radius 1 is 1.36 bits per heavy atom. The Kier molecular flexibility index (Phi) is 5.55. The van der Waals surface area contributed by atoms with Gasteiger partial charge in [-0.3, -0.25) is 4.79 Å². The minimum atomic E-state index is -0.759. The number of fused-ring (bicyclic) bond motifs is 1. The first-order chi connectivity index (χ1) is 12.0. The molecule has 3 aliphatic rings. The molecule has 1 fully saturated rings. The topological polar surface area (TPSA) is 46.5 Å². The van der Waals surface area contributed by atoms with Gasteiger partial charge in [-0.15, -0.1) is 0 Å². The summed E-state index contributed by atoms with van der Waals surface area (Å²) in [4.78, 5) is 12.1. The molecule has 0 radical (unpaired) electrons. The van der Waals surface area contributed by atoms with E-state index in [2.05, 4.69) is 19.9 Å². The van der Waals surface area contributed by atoms with Crippen molar-refractivity contribution < 1.29 is 14.6 Å². The summed E-state index contributed by atoms with van der Waals surface area (Å²) in [5.74, 6) is 1.33. The second-order valence-electron chi connectivity index (χ2n) is 7.90. The molecule has 3 nitrogen and oxygen atoms in total. The number of allylic oxidation sites excluding steroid dienone is 4. The second kappa shape index (κ2) is 7.67. The van der Waals surface area contributed by atoms with Crippen LogP contribution in [0, 0.1) is 17.3 Å². The average molecular weight is 340 g/mol. The fourth-order valence-electron chi connectivity index (χ4n) is 4.02. The summed E-state index contributed by atoms with van der Waals surface area (Å²) in [6.45, 7) is 5.27. The third-order valence-electron chi connectivity index (χ3n) is 5.83. The lowest BCUT2D eigenvalue weighted by Gasteiger charge is -2.56. The van der Waals surface area contributed by atoms with E-state index in [9.17, 15) is 9.90 Å². The zero-order valence-electron chi connectivity index (χ0n) is 15.2.